The van der Waals surface area contributed by atoms with E-state index in [2.05, 4.69) is 26.1 Å². The van der Waals surface area contributed by atoms with Crippen LogP contribution in [0.4, 0.5) is 0 Å². The van der Waals surface area contributed by atoms with Crippen LogP contribution < -0.4 is 5.32 Å². The summed E-state index contributed by atoms with van der Waals surface area (Å²) in [6, 6.07) is 0.626. The van der Waals surface area contributed by atoms with Crippen LogP contribution in [0, 0.1) is 0 Å². The topological polar surface area (TPSA) is 30.5 Å². The summed E-state index contributed by atoms with van der Waals surface area (Å²) < 4.78 is 11.1. The number of hydrogen-bond acceptors (Lipinski definition) is 3. The van der Waals surface area contributed by atoms with E-state index in [-0.39, 0.29) is 5.60 Å². The lowest BCUT2D eigenvalue weighted by atomic mass is 9.88. The third-order valence-electron chi connectivity index (χ3n) is 2.85. The van der Waals surface area contributed by atoms with E-state index in [1.807, 2.05) is 6.92 Å². The molecule has 0 unspecified atom stereocenters. The Balaban J connectivity index is 2.07. The zero-order chi connectivity index (χ0) is 11.3. The Morgan fingerprint density at radius 2 is 1.87 bits per heavy atom. The fourth-order valence-corrected chi connectivity index (χ4v) is 1.94. The van der Waals surface area contributed by atoms with Crippen molar-refractivity contribution in [3.8, 4) is 0 Å². The summed E-state index contributed by atoms with van der Waals surface area (Å²) in [5, 5.41) is 3.53. The zero-order valence-corrected chi connectivity index (χ0v) is 10.5. The van der Waals surface area contributed by atoms with Gasteiger partial charge in [-0.2, -0.15) is 0 Å². The molecule has 90 valence electrons. The molecule has 0 aromatic rings. The average Bonchev–Trinajstić information content (AvgIpc) is 2.08. The Morgan fingerprint density at radius 3 is 2.40 bits per heavy atom. The molecule has 1 N–H and O–H groups in total. The minimum Gasteiger partial charge on any atom is -0.378 e. The Hall–Kier alpha value is -0.120. The van der Waals surface area contributed by atoms with E-state index in [1.54, 1.807) is 0 Å². The molecule has 3 heteroatoms. The van der Waals surface area contributed by atoms with Crippen molar-refractivity contribution in [1.29, 1.82) is 0 Å². The third kappa shape index (κ3) is 4.49. The van der Waals surface area contributed by atoms with E-state index in [9.17, 15) is 0 Å². The minimum absolute atomic E-state index is 0.0501. The Labute approximate surface area is 93.5 Å². The highest BCUT2D eigenvalue weighted by molar-refractivity contribution is 4.87. The fraction of sp³-hybridized carbons (Fsp3) is 1.00. The lowest BCUT2D eigenvalue weighted by molar-refractivity contribution is -0.0332. The third-order valence-corrected chi connectivity index (χ3v) is 2.85. The highest BCUT2D eigenvalue weighted by Crippen LogP contribution is 2.23. The maximum atomic E-state index is 5.63. The molecular weight excluding hydrogens is 190 g/mol. The van der Waals surface area contributed by atoms with Crippen LogP contribution in [0.5, 0.6) is 0 Å². The van der Waals surface area contributed by atoms with Gasteiger partial charge in [0.25, 0.3) is 0 Å². The molecule has 0 spiro atoms. The maximum Gasteiger partial charge on any atom is 0.0750 e. The smallest absolute Gasteiger partial charge is 0.0750 e. The number of rotatable bonds is 7. The molecule has 0 saturated heterocycles. The average molecular weight is 215 g/mol. The van der Waals surface area contributed by atoms with Gasteiger partial charge in [-0.3, -0.25) is 0 Å². The predicted octanol–water partition coefficient (Wildman–Crippen LogP) is 1.96. The molecule has 0 aromatic heterocycles. The SMILES string of the molecule is CCOC1CC(NCC(C)(C)OCC)C1. The molecule has 0 aromatic carbocycles. The van der Waals surface area contributed by atoms with Crippen molar-refractivity contribution in [2.24, 2.45) is 0 Å². The Bertz CT molecular complexity index is 176. The molecule has 0 bridgehead atoms. The van der Waals surface area contributed by atoms with Crippen molar-refractivity contribution in [2.75, 3.05) is 19.8 Å². The number of nitrogens with one attached hydrogen (secondary N) is 1. The molecule has 0 aliphatic heterocycles. The van der Waals surface area contributed by atoms with Gasteiger partial charge in [-0.05, 0) is 40.5 Å². The molecule has 0 radical (unpaired) electrons. The van der Waals surface area contributed by atoms with E-state index in [4.69, 9.17) is 9.47 Å². The van der Waals surface area contributed by atoms with E-state index >= 15 is 0 Å². The van der Waals surface area contributed by atoms with Crippen molar-refractivity contribution in [3.05, 3.63) is 0 Å². The van der Waals surface area contributed by atoms with Crippen LogP contribution in [0.3, 0.4) is 0 Å². The summed E-state index contributed by atoms with van der Waals surface area (Å²) in [7, 11) is 0. The van der Waals surface area contributed by atoms with Gasteiger partial charge in [0, 0.05) is 25.8 Å². The molecule has 15 heavy (non-hydrogen) atoms. The lowest BCUT2D eigenvalue weighted by Crippen LogP contribution is -2.50. The van der Waals surface area contributed by atoms with Gasteiger partial charge in [-0.15, -0.1) is 0 Å². The first-order valence-corrected chi connectivity index (χ1v) is 6.06. The first-order valence-electron chi connectivity index (χ1n) is 6.06. The van der Waals surface area contributed by atoms with Crippen LogP contribution in [-0.2, 0) is 9.47 Å². The molecule has 0 heterocycles. The first-order chi connectivity index (χ1) is 7.07. The maximum absolute atomic E-state index is 5.63. The van der Waals surface area contributed by atoms with Crippen LogP contribution in [-0.4, -0.2) is 37.5 Å². The van der Waals surface area contributed by atoms with Gasteiger partial charge >= 0.3 is 0 Å². The normalized spacial score (nSPS) is 26.4. The monoisotopic (exact) mass is 215 g/mol. The molecular formula is C12H25NO2. The minimum atomic E-state index is -0.0501. The van der Waals surface area contributed by atoms with Crippen LogP contribution in [0.2, 0.25) is 0 Å². The predicted molar refractivity (Wildman–Crippen MR) is 62.1 cm³/mol. The fourth-order valence-electron chi connectivity index (χ4n) is 1.94. The molecule has 3 nitrogen and oxygen atoms in total. The van der Waals surface area contributed by atoms with Gasteiger partial charge in [0.05, 0.1) is 11.7 Å². The Morgan fingerprint density at radius 1 is 1.20 bits per heavy atom. The van der Waals surface area contributed by atoms with Crippen molar-refractivity contribution >= 4 is 0 Å². The van der Waals surface area contributed by atoms with Gasteiger partial charge in [0.1, 0.15) is 0 Å². The summed E-state index contributed by atoms with van der Waals surface area (Å²) >= 11 is 0. The molecule has 1 aliphatic carbocycles. The van der Waals surface area contributed by atoms with E-state index in [1.165, 1.54) is 0 Å². The van der Waals surface area contributed by atoms with Gasteiger partial charge in [-0.1, -0.05) is 0 Å². The summed E-state index contributed by atoms with van der Waals surface area (Å²) in [5.41, 5.74) is -0.0501. The van der Waals surface area contributed by atoms with Gasteiger partial charge in [0.2, 0.25) is 0 Å². The van der Waals surface area contributed by atoms with Crippen LogP contribution in [0.1, 0.15) is 40.5 Å². The van der Waals surface area contributed by atoms with Crippen molar-refractivity contribution in [3.63, 3.8) is 0 Å². The quantitative estimate of drug-likeness (QED) is 0.704. The standard InChI is InChI=1S/C12H25NO2/c1-5-14-11-7-10(8-11)13-9-12(3,4)15-6-2/h10-11,13H,5-9H2,1-4H3. The molecule has 1 aliphatic rings. The number of hydrogen-bond donors (Lipinski definition) is 1. The van der Waals surface area contributed by atoms with Crippen molar-refractivity contribution in [2.45, 2.75) is 58.3 Å². The molecule has 1 saturated carbocycles. The second kappa shape index (κ2) is 5.83. The van der Waals surface area contributed by atoms with Gasteiger partial charge < -0.3 is 14.8 Å². The highest BCUT2D eigenvalue weighted by atomic mass is 16.5. The van der Waals surface area contributed by atoms with Gasteiger partial charge in [0.15, 0.2) is 0 Å². The van der Waals surface area contributed by atoms with Crippen LogP contribution >= 0.6 is 0 Å². The molecule has 1 fully saturated rings. The highest BCUT2D eigenvalue weighted by Gasteiger charge is 2.30. The summed E-state index contributed by atoms with van der Waals surface area (Å²) in [4.78, 5) is 0. The summed E-state index contributed by atoms with van der Waals surface area (Å²) in [5.74, 6) is 0. The van der Waals surface area contributed by atoms with Gasteiger partial charge in [-0.25, -0.2) is 0 Å². The largest absolute Gasteiger partial charge is 0.378 e. The van der Waals surface area contributed by atoms with E-state index < -0.39 is 0 Å². The zero-order valence-electron chi connectivity index (χ0n) is 10.5. The summed E-state index contributed by atoms with van der Waals surface area (Å²) in [6.45, 7) is 10.9. The molecule has 0 atom stereocenters. The van der Waals surface area contributed by atoms with E-state index in [0.29, 0.717) is 12.1 Å². The second-order valence-electron chi connectivity index (χ2n) is 4.82. The van der Waals surface area contributed by atoms with Crippen molar-refractivity contribution in [1.82, 2.24) is 5.32 Å². The van der Waals surface area contributed by atoms with Crippen molar-refractivity contribution < 1.29 is 9.47 Å². The lowest BCUT2D eigenvalue weighted by Gasteiger charge is -2.37. The molecule has 1 rings (SSSR count). The number of ether oxygens (including phenoxy) is 2. The first kappa shape index (κ1) is 12.9. The van der Waals surface area contributed by atoms with Crippen LogP contribution in [0.25, 0.3) is 0 Å². The molecule has 0 amide bonds. The van der Waals surface area contributed by atoms with Crippen LogP contribution in [0.15, 0.2) is 0 Å². The Kier molecular flexibility index (Phi) is 5.03. The summed E-state index contributed by atoms with van der Waals surface area (Å²) in [6.07, 6.45) is 2.79. The van der Waals surface area contributed by atoms with E-state index in [0.717, 1.165) is 32.6 Å². The second-order valence-corrected chi connectivity index (χ2v) is 4.82.